The van der Waals surface area contributed by atoms with Gasteiger partial charge in [-0.3, -0.25) is 9.78 Å². The highest BCUT2D eigenvalue weighted by atomic mass is 16.5. The van der Waals surface area contributed by atoms with Crippen molar-refractivity contribution in [3.05, 3.63) is 46.9 Å². The number of ether oxygens (including phenoxy) is 1. The number of hydrogen-bond donors (Lipinski definition) is 1. The maximum atomic E-state index is 12.5. The number of fused-ring (bicyclic) bond motifs is 1. The van der Waals surface area contributed by atoms with Crippen LogP contribution in [0.15, 0.2) is 41.3 Å². The molecular formula is C21H27N5O2. The monoisotopic (exact) mass is 381 g/mol. The van der Waals surface area contributed by atoms with Gasteiger partial charge in [0.2, 0.25) is 5.95 Å². The number of piperidine rings is 1. The zero-order chi connectivity index (χ0) is 19.7. The quantitative estimate of drug-likeness (QED) is 0.751. The molecule has 7 heteroatoms. The molecule has 1 aliphatic rings. The lowest BCUT2D eigenvalue weighted by Crippen LogP contribution is -2.37. The largest absolute Gasteiger partial charge is 0.493 e. The first-order valence-corrected chi connectivity index (χ1v) is 9.83. The predicted molar refractivity (Wildman–Crippen MR) is 110 cm³/mol. The standard InChI is InChI=1S/C21H27N5O2/c1-21(2,3)26-18-17(13-22-26)19(27)24-20(23-18)25-11-9-15(10-12-25)14-28-16-7-5-4-6-8-16/h4-8,13,15H,9-12,14H2,1-3H3,(H,23,24,27). The summed E-state index contributed by atoms with van der Waals surface area (Å²) in [4.78, 5) is 22.3. The Morgan fingerprint density at radius 3 is 2.57 bits per heavy atom. The normalized spacial score (nSPS) is 15.9. The van der Waals surface area contributed by atoms with Gasteiger partial charge in [-0.1, -0.05) is 18.2 Å². The van der Waals surface area contributed by atoms with Crippen LogP contribution < -0.4 is 15.2 Å². The summed E-state index contributed by atoms with van der Waals surface area (Å²) in [5.74, 6) is 2.05. The number of nitrogens with zero attached hydrogens (tertiary/aromatic N) is 4. The molecule has 0 atom stereocenters. The summed E-state index contributed by atoms with van der Waals surface area (Å²) in [6.07, 6.45) is 3.61. The Hall–Kier alpha value is -2.83. The van der Waals surface area contributed by atoms with Gasteiger partial charge in [0.1, 0.15) is 11.1 Å². The van der Waals surface area contributed by atoms with E-state index in [-0.39, 0.29) is 11.1 Å². The predicted octanol–water partition coefficient (Wildman–Crippen LogP) is 3.17. The van der Waals surface area contributed by atoms with Crippen LogP contribution in [-0.4, -0.2) is 39.4 Å². The van der Waals surface area contributed by atoms with Crippen molar-refractivity contribution < 1.29 is 4.74 Å². The van der Waals surface area contributed by atoms with Gasteiger partial charge in [-0.05, 0) is 51.7 Å². The number of rotatable bonds is 4. The van der Waals surface area contributed by atoms with Crippen molar-refractivity contribution in [3.63, 3.8) is 0 Å². The average molecular weight is 381 g/mol. The molecule has 0 amide bonds. The fraction of sp³-hybridized carbons (Fsp3) is 0.476. The van der Waals surface area contributed by atoms with Gasteiger partial charge in [-0.25, -0.2) is 4.68 Å². The van der Waals surface area contributed by atoms with E-state index < -0.39 is 0 Å². The third-order valence-electron chi connectivity index (χ3n) is 5.20. The van der Waals surface area contributed by atoms with Gasteiger partial charge >= 0.3 is 0 Å². The van der Waals surface area contributed by atoms with Gasteiger partial charge < -0.3 is 9.64 Å². The van der Waals surface area contributed by atoms with E-state index in [4.69, 9.17) is 9.72 Å². The number of hydrogen-bond acceptors (Lipinski definition) is 5. The Labute approximate surface area is 164 Å². The highest BCUT2D eigenvalue weighted by Crippen LogP contribution is 2.24. The van der Waals surface area contributed by atoms with Crippen molar-refractivity contribution in [1.82, 2.24) is 19.7 Å². The summed E-state index contributed by atoms with van der Waals surface area (Å²) in [5, 5.41) is 4.91. The number of H-pyrrole nitrogens is 1. The smallest absolute Gasteiger partial charge is 0.263 e. The van der Waals surface area contributed by atoms with Gasteiger partial charge in [-0.15, -0.1) is 0 Å². The van der Waals surface area contributed by atoms with Crippen molar-refractivity contribution >= 4 is 17.0 Å². The topological polar surface area (TPSA) is 76.0 Å². The van der Waals surface area contributed by atoms with Crippen LogP contribution in [0.2, 0.25) is 0 Å². The Balaban J connectivity index is 1.46. The van der Waals surface area contributed by atoms with Crippen molar-refractivity contribution in [3.8, 4) is 5.75 Å². The first-order valence-electron chi connectivity index (χ1n) is 9.83. The van der Waals surface area contributed by atoms with Gasteiger partial charge in [0.25, 0.3) is 5.56 Å². The van der Waals surface area contributed by atoms with Crippen molar-refractivity contribution in [2.75, 3.05) is 24.6 Å². The summed E-state index contributed by atoms with van der Waals surface area (Å²) >= 11 is 0. The molecule has 1 N–H and O–H groups in total. The van der Waals surface area contributed by atoms with Crippen LogP contribution in [0.1, 0.15) is 33.6 Å². The maximum Gasteiger partial charge on any atom is 0.263 e. The van der Waals surface area contributed by atoms with Gasteiger partial charge in [0, 0.05) is 13.1 Å². The third-order valence-corrected chi connectivity index (χ3v) is 5.20. The molecule has 3 heterocycles. The summed E-state index contributed by atoms with van der Waals surface area (Å²) in [6.45, 7) is 8.58. The Kier molecular flexibility index (Phi) is 4.83. The molecule has 1 aliphatic heterocycles. The summed E-state index contributed by atoms with van der Waals surface area (Å²) in [6, 6.07) is 9.92. The average Bonchev–Trinajstić information content (AvgIpc) is 3.13. The number of aromatic nitrogens is 4. The van der Waals surface area contributed by atoms with Crippen molar-refractivity contribution in [1.29, 1.82) is 0 Å². The molecule has 0 saturated carbocycles. The van der Waals surface area contributed by atoms with Crippen LogP contribution in [0, 0.1) is 5.92 Å². The lowest BCUT2D eigenvalue weighted by molar-refractivity contribution is 0.222. The third kappa shape index (κ3) is 3.74. The zero-order valence-electron chi connectivity index (χ0n) is 16.7. The second-order valence-electron chi connectivity index (χ2n) is 8.41. The number of para-hydroxylation sites is 1. The second-order valence-corrected chi connectivity index (χ2v) is 8.41. The molecule has 7 nitrogen and oxygen atoms in total. The molecule has 28 heavy (non-hydrogen) atoms. The van der Waals surface area contributed by atoms with Gasteiger partial charge in [0.15, 0.2) is 5.65 Å². The Bertz CT molecular complexity index is 995. The van der Waals surface area contributed by atoms with E-state index in [0.29, 0.717) is 22.9 Å². The Morgan fingerprint density at radius 2 is 1.89 bits per heavy atom. The molecule has 148 valence electrons. The fourth-order valence-corrected chi connectivity index (χ4v) is 3.59. The lowest BCUT2D eigenvalue weighted by Gasteiger charge is -2.32. The van der Waals surface area contributed by atoms with Crippen molar-refractivity contribution in [2.24, 2.45) is 5.92 Å². The minimum atomic E-state index is -0.235. The molecule has 1 aromatic carbocycles. The van der Waals surface area contributed by atoms with E-state index in [9.17, 15) is 4.79 Å². The van der Waals surface area contributed by atoms with E-state index in [1.165, 1.54) is 0 Å². The van der Waals surface area contributed by atoms with Crippen LogP contribution in [-0.2, 0) is 5.54 Å². The van der Waals surface area contributed by atoms with E-state index in [2.05, 4.69) is 35.8 Å². The van der Waals surface area contributed by atoms with Crippen LogP contribution in [0.25, 0.3) is 11.0 Å². The molecule has 0 radical (unpaired) electrons. The molecule has 0 spiro atoms. The van der Waals surface area contributed by atoms with Crippen LogP contribution in [0.4, 0.5) is 5.95 Å². The Morgan fingerprint density at radius 1 is 1.18 bits per heavy atom. The molecule has 0 aliphatic carbocycles. The lowest BCUT2D eigenvalue weighted by atomic mass is 9.98. The molecular weight excluding hydrogens is 354 g/mol. The zero-order valence-corrected chi connectivity index (χ0v) is 16.7. The maximum absolute atomic E-state index is 12.5. The van der Waals surface area contributed by atoms with Crippen LogP contribution in [0.3, 0.4) is 0 Å². The second kappa shape index (κ2) is 7.30. The molecule has 3 aromatic rings. The van der Waals surface area contributed by atoms with Crippen LogP contribution in [0.5, 0.6) is 5.75 Å². The minimum Gasteiger partial charge on any atom is -0.493 e. The van der Waals surface area contributed by atoms with E-state index in [0.717, 1.165) is 38.3 Å². The van der Waals surface area contributed by atoms with E-state index in [1.807, 2.05) is 35.0 Å². The first-order chi connectivity index (χ1) is 13.4. The molecule has 1 fully saturated rings. The molecule has 0 unspecified atom stereocenters. The highest BCUT2D eigenvalue weighted by molar-refractivity contribution is 5.74. The number of anilines is 1. The molecule has 2 aromatic heterocycles. The van der Waals surface area contributed by atoms with E-state index >= 15 is 0 Å². The summed E-state index contributed by atoms with van der Waals surface area (Å²) in [7, 11) is 0. The van der Waals surface area contributed by atoms with Crippen molar-refractivity contribution in [2.45, 2.75) is 39.2 Å². The number of nitrogens with one attached hydrogen (secondary N) is 1. The first kappa shape index (κ1) is 18.5. The summed E-state index contributed by atoms with van der Waals surface area (Å²) < 4.78 is 7.72. The molecule has 1 saturated heterocycles. The summed E-state index contributed by atoms with van der Waals surface area (Å²) in [5.41, 5.74) is 0.271. The van der Waals surface area contributed by atoms with Gasteiger partial charge in [0.05, 0.1) is 18.3 Å². The van der Waals surface area contributed by atoms with Crippen LogP contribution >= 0.6 is 0 Å². The minimum absolute atomic E-state index is 0.134. The van der Waals surface area contributed by atoms with E-state index in [1.54, 1.807) is 6.20 Å². The molecule has 0 bridgehead atoms. The molecule has 4 rings (SSSR count). The number of benzene rings is 1. The SMILES string of the molecule is CC(C)(C)n1ncc2c(=O)[nH]c(N3CCC(COc4ccccc4)CC3)nc21. The van der Waals surface area contributed by atoms with Gasteiger partial charge in [-0.2, -0.15) is 10.1 Å². The highest BCUT2D eigenvalue weighted by Gasteiger charge is 2.24. The fourth-order valence-electron chi connectivity index (χ4n) is 3.59. The number of aromatic amines is 1.